The number of halogens is 4. The van der Waals surface area contributed by atoms with E-state index in [4.69, 9.17) is 0 Å². The van der Waals surface area contributed by atoms with E-state index in [0.717, 1.165) is 10.7 Å². The summed E-state index contributed by atoms with van der Waals surface area (Å²) in [7, 11) is 0. The molecule has 0 spiro atoms. The number of tetrazole rings is 1. The van der Waals surface area contributed by atoms with Crippen LogP contribution in [0.2, 0.25) is 0 Å². The van der Waals surface area contributed by atoms with Crippen molar-refractivity contribution in [3.8, 4) is 11.4 Å². The summed E-state index contributed by atoms with van der Waals surface area (Å²) in [5.74, 6) is -0.782. The van der Waals surface area contributed by atoms with Crippen molar-refractivity contribution >= 4 is 11.6 Å². The topological polar surface area (TPSA) is 90.5 Å². The summed E-state index contributed by atoms with van der Waals surface area (Å²) in [6, 6.07) is 10.5. The number of aryl methyl sites for hydroxylation is 1. The third-order valence-corrected chi connectivity index (χ3v) is 4.34. The normalized spacial score (nSPS) is 11.5. The maximum Gasteiger partial charge on any atom is 0.435 e. The SMILES string of the molecule is Cc1nnnn1-c1ccc(F)c(NC(=O)c2ccc(-n3ccc(C(F)(F)F)n3)cc2)c1. The molecule has 0 aliphatic rings. The van der Waals surface area contributed by atoms with Crippen LogP contribution in [-0.2, 0) is 6.18 Å². The van der Waals surface area contributed by atoms with E-state index in [0.29, 0.717) is 17.2 Å². The highest BCUT2D eigenvalue weighted by molar-refractivity contribution is 6.04. The van der Waals surface area contributed by atoms with E-state index in [1.54, 1.807) is 6.92 Å². The van der Waals surface area contributed by atoms with E-state index < -0.39 is 23.6 Å². The fraction of sp³-hybridized carbons (Fsp3) is 0.105. The highest BCUT2D eigenvalue weighted by Gasteiger charge is 2.33. The fourth-order valence-electron chi connectivity index (χ4n) is 2.79. The van der Waals surface area contributed by atoms with Crippen molar-refractivity contribution in [1.29, 1.82) is 0 Å². The van der Waals surface area contributed by atoms with Crippen LogP contribution in [0, 0.1) is 12.7 Å². The molecule has 4 aromatic rings. The van der Waals surface area contributed by atoms with Crippen molar-refractivity contribution in [2.75, 3.05) is 5.32 Å². The lowest BCUT2D eigenvalue weighted by Crippen LogP contribution is -2.14. The van der Waals surface area contributed by atoms with E-state index in [2.05, 4.69) is 25.9 Å². The first-order valence-electron chi connectivity index (χ1n) is 8.82. The average Bonchev–Trinajstić information content (AvgIpc) is 3.39. The van der Waals surface area contributed by atoms with Gasteiger partial charge in [-0.2, -0.15) is 23.0 Å². The van der Waals surface area contributed by atoms with Crippen molar-refractivity contribution in [2.45, 2.75) is 13.1 Å². The highest BCUT2D eigenvalue weighted by atomic mass is 19.4. The van der Waals surface area contributed by atoms with Crippen molar-refractivity contribution in [3.63, 3.8) is 0 Å². The molecule has 12 heteroatoms. The number of alkyl halides is 3. The lowest BCUT2D eigenvalue weighted by molar-refractivity contribution is -0.141. The Labute approximate surface area is 172 Å². The molecule has 31 heavy (non-hydrogen) atoms. The Morgan fingerprint density at radius 3 is 2.35 bits per heavy atom. The second-order valence-electron chi connectivity index (χ2n) is 6.45. The van der Waals surface area contributed by atoms with Crippen molar-refractivity contribution in [2.24, 2.45) is 0 Å². The van der Waals surface area contributed by atoms with Gasteiger partial charge in [-0.3, -0.25) is 4.79 Å². The molecular formula is C19H13F4N7O. The quantitative estimate of drug-likeness (QED) is 0.499. The molecule has 2 aromatic heterocycles. The highest BCUT2D eigenvalue weighted by Crippen LogP contribution is 2.28. The molecule has 0 bridgehead atoms. The van der Waals surface area contributed by atoms with E-state index >= 15 is 0 Å². The van der Waals surface area contributed by atoms with Gasteiger partial charge in [0.25, 0.3) is 5.91 Å². The van der Waals surface area contributed by atoms with Crippen LogP contribution >= 0.6 is 0 Å². The van der Waals surface area contributed by atoms with Gasteiger partial charge in [0.1, 0.15) is 5.82 Å². The van der Waals surface area contributed by atoms with Crippen LogP contribution in [0.25, 0.3) is 11.4 Å². The van der Waals surface area contributed by atoms with E-state index in [-0.39, 0.29) is 11.3 Å². The van der Waals surface area contributed by atoms with Crippen LogP contribution in [0.1, 0.15) is 21.9 Å². The standard InChI is InChI=1S/C19H13F4N7O/c1-11-25-27-28-30(11)14-6-7-15(20)16(10-14)24-18(31)12-2-4-13(5-3-12)29-9-8-17(26-29)19(21,22)23/h2-10H,1H3,(H,24,31). The molecule has 1 N–H and O–H groups in total. The average molecular weight is 431 g/mol. The Morgan fingerprint density at radius 1 is 1.03 bits per heavy atom. The zero-order valence-electron chi connectivity index (χ0n) is 15.8. The minimum absolute atomic E-state index is 0.0802. The molecule has 4 rings (SSSR count). The number of hydrogen-bond acceptors (Lipinski definition) is 5. The number of amides is 1. The maximum absolute atomic E-state index is 14.2. The van der Waals surface area contributed by atoms with Gasteiger partial charge < -0.3 is 5.32 Å². The molecule has 2 heterocycles. The Morgan fingerprint density at radius 2 is 1.74 bits per heavy atom. The van der Waals surface area contributed by atoms with Crippen LogP contribution in [0.4, 0.5) is 23.2 Å². The molecule has 0 radical (unpaired) electrons. The Kier molecular flexibility index (Phi) is 4.97. The zero-order chi connectivity index (χ0) is 22.2. The first-order valence-corrected chi connectivity index (χ1v) is 8.82. The van der Waals surface area contributed by atoms with E-state index in [9.17, 15) is 22.4 Å². The monoisotopic (exact) mass is 431 g/mol. The lowest BCUT2D eigenvalue weighted by atomic mass is 10.2. The molecule has 0 saturated carbocycles. The molecule has 0 aliphatic carbocycles. The van der Waals surface area contributed by atoms with Gasteiger partial charge in [0.05, 0.1) is 17.1 Å². The van der Waals surface area contributed by atoms with Crippen LogP contribution in [0.5, 0.6) is 0 Å². The second-order valence-corrected chi connectivity index (χ2v) is 6.45. The number of rotatable bonds is 4. The largest absolute Gasteiger partial charge is 0.435 e. The second kappa shape index (κ2) is 7.63. The number of nitrogens with one attached hydrogen (secondary N) is 1. The molecule has 0 saturated heterocycles. The van der Waals surface area contributed by atoms with Gasteiger partial charge in [0.2, 0.25) is 0 Å². The number of carbonyl (C=O) groups excluding carboxylic acids is 1. The van der Waals surface area contributed by atoms with Gasteiger partial charge in [0.15, 0.2) is 11.5 Å². The number of anilines is 1. The van der Waals surface area contributed by atoms with Crippen LogP contribution in [0.15, 0.2) is 54.7 Å². The van der Waals surface area contributed by atoms with Crippen molar-refractivity contribution in [1.82, 2.24) is 30.0 Å². The van der Waals surface area contributed by atoms with Crippen LogP contribution < -0.4 is 5.32 Å². The predicted octanol–water partition coefficient (Wildman–Crippen LogP) is 3.57. The number of carbonyl (C=O) groups is 1. The minimum Gasteiger partial charge on any atom is -0.319 e. The Hall–Kier alpha value is -4.09. The maximum atomic E-state index is 14.2. The third-order valence-electron chi connectivity index (χ3n) is 4.34. The summed E-state index contributed by atoms with van der Waals surface area (Å²) in [6.07, 6.45) is -3.38. The molecule has 1 amide bonds. The van der Waals surface area contributed by atoms with E-state index in [1.165, 1.54) is 53.3 Å². The Bertz CT molecular complexity index is 1240. The number of aromatic nitrogens is 6. The molecule has 0 fully saturated rings. The molecule has 2 aromatic carbocycles. The van der Waals surface area contributed by atoms with Crippen molar-refractivity contribution < 1.29 is 22.4 Å². The fourth-order valence-corrected chi connectivity index (χ4v) is 2.79. The van der Waals surface area contributed by atoms with Gasteiger partial charge in [-0.1, -0.05) is 0 Å². The summed E-state index contributed by atoms with van der Waals surface area (Å²) in [4.78, 5) is 12.5. The van der Waals surface area contributed by atoms with Crippen LogP contribution in [0.3, 0.4) is 0 Å². The summed E-state index contributed by atoms with van der Waals surface area (Å²) >= 11 is 0. The van der Waals surface area contributed by atoms with Gasteiger partial charge in [0, 0.05) is 11.8 Å². The van der Waals surface area contributed by atoms with Gasteiger partial charge >= 0.3 is 6.18 Å². The number of nitrogens with zero attached hydrogens (tertiary/aromatic N) is 6. The summed E-state index contributed by atoms with van der Waals surface area (Å²) in [6.45, 7) is 1.67. The molecular weight excluding hydrogens is 418 g/mol. The first-order chi connectivity index (χ1) is 14.7. The zero-order valence-corrected chi connectivity index (χ0v) is 15.8. The van der Waals surface area contributed by atoms with Crippen molar-refractivity contribution in [3.05, 3.63) is 77.6 Å². The smallest absolute Gasteiger partial charge is 0.319 e. The molecule has 8 nitrogen and oxygen atoms in total. The van der Waals surface area contributed by atoms with Gasteiger partial charge in [-0.25, -0.2) is 9.07 Å². The third kappa shape index (κ3) is 4.13. The molecule has 0 unspecified atom stereocenters. The molecule has 0 atom stereocenters. The first kappa shape index (κ1) is 20.2. The summed E-state index contributed by atoms with van der Waals surface area (Å²) in [5.41, 5.74) is -0.149. The number of hydrogen-bond donors (Lipinski definition) is 1. The molecule has 158 valence electrons. The van der Waals surface area contributed by atoms with Crippen LogP contribution in [-0.4, -0.2) is 35.9 Å². The molecule has 0 aliphatic heterocycles. The number of benzene rings is 2. The van der Waals surface area contributed by atoms with Gasteiger partial charge in [-0.15, -0.1) is 5.10 Å². The summed E-state index contributed by atoms with van der Waals surface area (Å²) < 4.78 is 54.7. The Balaban J connectivity index is 1.53. The summed E-state index contributed by atoms with van der Waals surface area (Å²) in [5, 5.41) is 17.0. The van der Waals surface area contributed by atoms with Gasteiger partial charge in [-0.05, 0) is 65.9 Å². The predicted molar refractivity (Wildman–Crippen MR) is 100 cm³/mol. The lowest BCUT2D eigenvalue weighted by Gasteiger charge is -2.10. The van der Waals surface area contributed by atoms with E-state index in [1.807, 2.05) is 0 Å². The minimum atomic E-state index is -4.55.